The molecule has 21 heavy (non-hydrogen) atoms. The minimum Gasteiger partial charge on any atom is -0.508 e. The highest BCUT2D eigenvalue weighted by Gasteiger charge is 2.09. The average Bonchev–Trinajstić information content (AvgIpc) is 2.45. The summed E-state index contributed by atoms with van der Waals surface area (Å²) >= 11 is 7.24. The van der Waals surface area contributed by atoms with Crippen LogP contribution >= 0.6 is 23.4 Å². The molecule has 2 aromatic carbocycles. The van der Waals surface area contributed by atoms with E-state index < -0.39 is 0 Å². The number of phenols is 1. The molecule has 1 amide bonds. The van der Waals surface area contributed by atoms with Crippen molar-refractivity contribution in [2.75, 3.05) is 18.2 Å². The predicted molar refractivity (Wildman–Crippen MR) is 85.5 cm³/mol. The van der Waals surface area contributed by atoms with Gasteiger partial charge in [0.25, 0.3) is 0 Å². The zero-order chi connectivity index (χ0) is 15.2. The summed E-state index contributed by atoms with van der Waals surface area (Å²) in [7, 11) is 1.53. The highest BCUT2D eigenvalue weighted by molar-refractivity contribution is 8.00. The molecule has 0 heterocycles. The van der Waals surface area contributed by atoms with Crippen molar-refractivity contribution >= 4 is 35.0 Å². The lowest BCUT2D eigenvalue weighted by atomic mass is 10.3. The zero-order valence-electron chi connectivity index (χ0n) is 11.3. The minimum atomic E-state index is -0.177. The molecule has 0 saturated carbocycles. The molecule has 2 rings (SSSR count). The first-order chi connectivity index (χ1) is 10.1. The van der Waals surface area contributed by atoms with Crippen molar-refractivity contribution in [2.45, 2.75) is 4.90 Å². The zero-order valence-corrected chi connectivity index (χ0v) is 12.9. The Morgan fingerprint density at radius 2 is 2.14 bits per heavy atom. The van der Waals surface area contributed by atoms with Crippen molar-refractivity contribution in [2.24, 2.45) is 0 Å². The lowest BCUT2D eigenvalue weighted by Gasteiger charge is -2.10. The molecular formula is C15H14ClNO3S. The molecule has 2 N–H and O–H groups in total. The van der Waals surface area contributed by atoms with Crippen molar-refractivity contribution < 1.29 is 14.6 Å². The molecule has 0 atom stereocenters. The van der Waals surface area contributed by atoms with E-state index in [2.05, 4.69) is 5.32 Å². The van der Waals surface area contributed by atoms with Crippen LogP contribution in [0.5, 0.6) is 11.5 Å². The Kier molecular flexibility index (Phi) is 5.36. The van der Waals surface area contributed by atoms with Gasteiger partial charge in [0.05, 0.1) is 18.6 Å². The topological polar surface area (TPSA) is 58.6 Å². The Hall–Kier alpha value is -1.85. The first-order valence-electron chi connectivity index (χ1n) is 6.13. The van der Waals surface area contributed by atoms with Crippen LogP contribution in [0.3, 0.4) is 0 Å². The molecule has 6 heteroatoms. The molecule has 0 bridgehead atoms. The smallest absolute Gasteiger partial charge is 0.234 e. The maximum Gasteiger partial charge on any atom is 0.234 e. The third kappa shape index (κ3) is 4.58. The van der Waals surface area contributed by atoms with Crippen LogP contribution in [0.1, 0.15) is 0 Å². The van der Waals surface area contributed by atoms with Gasteiger partial charge in [-0.05, 0) is 36.4 Å². The van der Waals surface area contributed by atoms with Crippen molar-refractivity contribution in [1.82, 2.24) is 0 Å². The number of benzene rings is 2. The Bertz CT molecular complexity index is 649. The Balaban J connectivity index is 1.97. The van der Waals surface area contributed by atoms with E-state index in [0.717, 1.165) is 4.90 Å². The van der Waals surface area contributed by atoms with Gasteiger partial charge in [0.15, 0.2) is 0 Å². The van der Waals surface area contributed by atoms with E-state index in [4.69, 9.17) is 16.3 Å². The summed E-state index contributed by atoms with van der Waals surface area (Å²) in [6.45, 7) is 0. The molecule has 0 aliphatic rings. The predicted octanol–water partition coefficient (Wildman–Crippen LogP) is 3.79. The van der Waals surface area contributed by atoms with Crippen molar-refractivity contribution in [3.05, 3.63) is 47.5 Å². The average molecular weight is 324 g/mol. The highest BCUT2D eigenvalue weighted by atomic mass is 35.5. The number of aromatic hydroxyl groups is 1. The third-order valence-corrected chi connectivity index (χ3v) is 3.85. The second kappa shape index (κ2) is 7.24. The number of hydrogen-bond acceptors (Lipinski definition) is 4. The summed E-state index contributed by atoms with van der Waals surface area (Å²) in [6, 6.07) is 11.8. The van der Waals surface area contributed by atoms with E-state index in [9.17, 15) is 9.90 Å². The molecule has 0 fully saturated rings. The van der Waals surface area contributed by atoms with Gasteiger partial charge in [-0.2, -0.15) is 0 Å². The van der Waals surface area contributed by atoms with E-state index >= 15 is 0 Å². The number of nitrogens with one attached hydrogen (secondary N) is 1. The van der Waals surface area contributed by atoms with Gasteiger partial charge in [0.2, 0.25) is 5.91 Å². The van der Waals surface area contributed by atoms with Gasteiger partial charge < -0.3 is 15.2 Å². The van der Waals surface area contributed by atoms with Crippen molar-refractivity contribution in [1.29, 1.82) is 0 Å². The molecule has 0 aromatic heterocycles. The summed E-state index contributed by atoms with van der Waals surface area (Å²) in [5.74, 6) is 0.773. The Morgan fingerprint density at radius 3 is 2.86 bits per heavy atom. The van der Waals surface area contributed by atoms with Crippen LogP contribution in [-0.2, 0) is 4.79 Å². The van der Waals surface area contributed by atoms with Gasteiger partial charge in [-0.1, -0.05) is 17.7 Å². The van der Waals surface area contributed by atoms with Gasteiger partial charge in [-0.25, -0.2) is 0 Å². The van der Waals surface area contributed by atoms with Crippen LogP contribution in [0, 0.1) is 0 Å². The first kappa shape index (κ1) is 15.5. The van der Waals surface area contributed by atoms with E-state index in [0.29, 0.717) is 16.5 Å². The normalized spacial score (nSPS) is 10.2. The number of anilines is 1. The number of carbonyl (C=O) groups excluding carboxylic acids is 1. The quantitative estimate of drug-likeness (QED) is 0.822. The molecule has 0 aliphatic heterocycles. The largest absolute Gasteiger partial charge is 0.508 e. The van der Waals surface area contributed by atoms with Crippen LogP contribution in [0.4, 0.5) is 5.69 Å². The van der Waals surface area contributed by atoms with E-state index in [1.54, 1.807) is 36.4 Å². The molecule has 0 saturated heterocycles. The van der Waals surface area contributed by atoms with Gasteiger partial charge in [0.1, 0.15) is 11.5 Å². The third-order valence-electron chi connectivity index (χ3n) is 2.62. The number of amides is 1. The number of thioether (sulfide) groups is 1. The number of hydrogen-bond donors (Lipinski definition) is 2. The van der Waals surface area contributed by atoms with Crippen molar-refractivity contribution in [3.63, 3.8) is 0 Å². The van der Waals surface area contributed by atoms with Gasteiger partial charge in [-0.15, -0.1) is 11.8 Å². The van der Waals surface area contributed by atoms with Crippen LogP contribution < -0.4 is 10.1 Å². The van der Waals surface area contributed by atoms with Crippen LogP contribution in [0.15, 0.2) is 47.4 Å². The fraction of sp³-hybridized carbons (Fsp3) is 0.133. The maximum absolute atomic E-state index is 12.0. The van der Waals surface area contributed by atoms with Gasteiger partial charge in [0, 0.05) is 9.92 Å². The molecular weight excluding hydrogens is 310 g/mol. The fourth-order valence-corrected chi connectivity index (χ4v) is 2.61. The van der Waals surface area contributed by atoms with Gasteiger partial charge >= 0.3 is 0 Å². The second-order valence-electron chi connectivity index (χ2n) is 4.18. The Labute approximate surface area is 132 Å². The number of carbonyl (C=O) groups is 1. The van der Waals surface area contributed by atoms with E-state index in [-0.39, 0.29) is 17.4 Å². The second-order valence-corrected chi connectivity index (χ2v) is 5.66. The number of methoxy groups -OCH3 is 1. The van der Waals surface area contributed by atoms with E-state index in [1.165, 1.54) is 18.9 Å². The molecule has 0 radical (unpaired) electrons. The van der Waals surface area contributed by atoms with Crippen LogP contribution in [-0.4, -0.2) is 23.9 Å². The lowest BCUT2D eigenvalue weighted by molar-refractivity contribution is -0.113. The summed E-state index contributed by atoms with van der Waals surface area (Å²) < 4.78 is 5.17. The number of rotatable bonds is 5. The highest BCUT2D eigenvalue weighted by Crippen LogP contribution is 2.28. The standard InChI is InChI=1S/C15H14ClNO3S/c1-20-14-6-5-10(16)7-13(14)17-15(19)9-21-12-4-2-3-11(18)8-12/h2-8,18H,9H2,1H3,(H,17,19). The summed E-state index contributed by atoms with van der Waals surface area (Å²) in [5.41, 5.74) is 0.534. The summed E-state index contributed by atoms with van der Waals surface area (Å²) in [4.78, 5) is 12.8. The summed E-state index contributed by atoms with van der Waals surface area (Å²) in [6.07, 6.45) is 0. The molecule has 0 aliphatic carbocycles. The van der Waals surface area contributed by atoms with Crippen molar-refractivity contribution in [3.8, 4) is 11.5 Å². The minimum absolute atomic E-state index is 0.177. The number of ether oxygens (including phenoxy) is 1. The first-order valence-corrected chi connectivity index (χ1v) is 7.50. The number of phenolic OH excluding ortho intramolecular Hbond substituents is 1. The lowest BCUT2D eigenvalue weighted by Crippen LogP contribution is -2.14. The number of halogens is 1. The fourth-order valence-electron chi connectivity index (χ4n) is 1.69. The van der Waals surface area contributed by atoms with Crippen LogP contribution in [0.25, 0.3) is 0 Å². The Morgan fingerprint density at radius 1 is 1.33 bits per heavy atom. The molecule has 4 nitrogen and oxygen atoms in total. The monoisotopic (exact) mass is 323 g/mol. The molecule has 0 spiro atoms. The molecule has 0 unspecified atom stereocenters. The summed E-state index contributed by atoms with van der Waals surface area (Å²) in [5, 5.41) is 12.6. The molecule has 2 aromatic rings. The van der Waals surface area contributed by atoms with E-state index in [1.807, 2.05) is 6.07 Å². The molecule has 110 valence electrons. The van der Waals surface area contributed by atoms with Gasteiger partial charge in [-0.3, -0.25) is 4.79 Å². The SMILES string of the molecule is COc1ccc(Cl)cc1NC(=O)CSc1cccc(O)c1. The maximum atomic E-state index is 12.0. The van der Waals surface area contributed by atoms with Crippen LogP contribution in [0.2, 0.25) is 5.02 Å².